The fourth-order valence-corrected chi connectivity index (χ4v) is 3.03. The highest BCUT2D eigenvalue weighted by atomic mass is 19.4. The Morgan fingerprint density at radius 3 is 2.59 bits per heavy atom. The maximum Gasteiger partial charge on any atom is 0.435 e. The molecule has 0 unspecified atom stereocenters. The minimum absolute atomic E-state index is 0.0184. The van der Waals surface area contributed by atoms with Crippen LogP contribution in [0.3, 0.4) is 0 Å². The number of hydrogen-bond donors (Lipinski definition) is 1. The minimum Gasteiger partial charge on any atom is -0.322 e. The van der Waals surface area contributed by atoms with Gasteiger partial charge in [-0.2, -0.15) is 23.4 Å². The van der Waals surface area contributed by atoms with Gasteiger partial charge in [-0.25, -0.2) is 4.39 Å². The molecule has 0 radical (unpaired) electrons. The largest absolute Gasteiger partial charge is 0.435 e. The third-order valence-corrected chi connectivity index (χ3v) is 4.57. The number of carbonyl (C=O) groups excluding carboxylic acids is 1. The maximum absolute atomic E-state index is 13.0. The van der Waals surface area contributed by atoms with E-state index in [1.54, 1.807) is 23.0 Å². The van der Waals surface area contributed by atoms with Crippen molar-refractivity contribution in [3.05, 3.63) is 65.5 Å². The van der Waals surface area contributed by atoms with Crippen molar-refractivity contribution in [2.75, 3.05) is 5.32 Å². The van der Waals surface area contributed by atoms with Crippen molar-refractivity contribution >= 4 is 11.6 Å². The monoisotopic (exact) mass is 407 g/mol. The Labute approximate surface area is 163 Å². The van der Waals surface area contributed by atoms with Gasteiger partial charge in [0.25, 0.3) is 0 Å². The molecule has 4 rings (SSSR count). The zero-order valence-electron chi connectivity index (χ0n) is 15.2. The molecular formula is C19H17F4N5O. The van der Waals surface area contributed by atoms with E-state index in [0.29, 0.717) is 17.9 Å². The lowest BCUT2D eigenvalue weighted by atomic mass is 10.2. The van der Waals surface area contributed by atoms with Crippen molar-refractivity contribution in [2.24, 2.45) is 0 Å². The molecule has 0 aliphatic heterocycles. The number of halogens is 4. The van der Waals surface area contributed by atoms with Crippen molar-refractivity contribution in [1.29, 1.82) is 0 Å². The van der Waals surface area contributed by atoms with Gasteiger partial charge in [-0.1, -0.05) is 12.1 Å². The molecule has 1 saturated carbocycles. The topological polar surface area (TPSA) is 64.7 Å². The normalized spacial score (nSPS) is 14.2. The summed E-state index contributed by atoms with van der Waals surface area (Å²) in [6.07, 6.45) is 0.0646. The van der Waals surface area contributed by atoms with Gasteiger partial charge in [0.05, 0.1) is 18.4 Å². The first-order valence-corrected chi connectivity index (χ1v) is 8.99. The first-order chi connectivity index (χ1) is 13.8. The lowest BCUT2D eigenvalue weighted by molar-refractivity contribution is -0.141. The van der Waals surface area contributed by atoms with Crippen LogP contribution in [0.15, 0.2) is 42.7 Å². The summed E-state index contributed by atoms with van der Waals surface area (Å²) in [7, 11) is 0. The molecular weight excluding hydrogens is 390 g/mol. The minimum atomic E-state index is -4.55. The Morgan fingerprint density at radius 2 is 1.93 bits per heavy atom. The Balaban J connectivity index is 1.41. The molecule has 1 aliphatic carbocycles. The van der Waals surface area contributed by atoms with E-state index >= 15 is 0 Å². The Bertz CT molecular complexity index is 1020. The second-order valence-corrected chi connectivity index (χ2v) is 6.99. The summed E-state index contributed by atoms with van der Waals surface area (Å²) < 4.78 is 54.5. The molecule has 0 bridgehead atoms. The molecule has 2 heterocycles. The Hall–Kier alpha value is -3.17. The van der Waals surface area contributed by atoms with E-state index in [-0.39, 0.29) is 18.3 Å². The summed E-state index contributed by atoms with van der Waals surface area (Å²) in [6.45, 7) is 0.0706. The Kier molecular flexibility index (Phi) is 4.85. The number of benzene rings is 1. The molecule has 152 valence electrons. The molecule has 10 heteroatoms. The van der Waals surface area contributed by atoms with Crippen molar-refractivity contribution in [2.45, 2.75) is 38.0 Å². The molecule has 6 nitrogen and oxygen atoms in total. The second kappa shape index (κ2) is 7.34. The van der Waals surface area contributed by atoms with Gasteiger partial charge in [0.1, 0.15) is 12.4 Å². The summed E-state index contributed by atoms with van der Waals surface area (Å²) >= 11 is 0. The number of carbonyl (C=O) groups is 1. The third-order valence-electron chi connectivity index (χ3n) is 4.57. The molecule has 1 aliphatic rings. The van der Waals surface area contributed by atoms with Crippen LogP contribution >= 0.6 is 0 Å². The molecule has 1 amide bonds. The SMILES string of the molecule is O=C(Cn1nc(C(F)(F)F)cc1C1CC1)Nc1cnn(Cc2ccc(F)cc2)c1. The van der Waals surface area contributed by atoms with Crippen LogP contribution in [0.2, 0.25) is 0 Å². The van der Waals surface area contributed by atoms with Gasteiger partial charge in [0.15, 0.2) is 5.69 Å². The number of nitrogens with zero attached hydrogens (tertiary/aromatic N) is 4. The predicted molar refractivity (Wildman–Crippen MR) is 95.6 cm³/mol. The van der Waals surface area contributed by atoms with Crippen LogP contribution in [0.1, 0.15) is 35.7 Å². The number of alkyl halides is 3. The van der Waals surface area contributed by atoms with Crippen LogP contribution in [0.25, 0.3) is 0 Å². The highest BCUT2D eigenvalue weighted by molar-refractivity contribution is 5.90. The van der Waals surface area contributed by atoms with E-state index in [1.807, 2.05) is 0 Å². The van der Waals surface area contributed by atoms with Gasteiger partial charge in [0.2, 0.25) is 5.91 Å². The van der Waals surface area contributed by atoms with Gasteiger partial charge in [-0.15, -0.1) is 0 Å². The van der Waals surface area contributed by atoms with Crippen LogP contribution in [-0.4, -0.2) is 25.5 Å². The fraction of sp³-hybridized carbons (Fsp3) is 0.316. The third kappa shape index (κ3) is 4.64. The summed E-state index contributed by atoms with van der Waals surface area (Å²) in [5.41, 5.74) is 0.685. The van der Waals surface area contributed by atoms with E-state index in [0.717, 1.165) is 29.2 Å². The molecule has 3 aromatic rings. The summed E-state index contributed by atoms with van der Waals surface area (Å²) in [5, 5.41) is 10.3. The lowest BCUT2D eigenvalue weighted by Crippen LogP contribution is -2.21. The van der Waals surface area contributed by atoms with Crippen LogP contribution in [0.5, 0.6) is 0 Å². The smallest absolute Gasteiger partial charge is 0.322 e. The number of aromatic nitrogens is 4. The second-order valence-electron chi connectivity index (χ2n) is 6.99. The zero-order valence-corrected chi connectivity index (χ0v) is 15.2. The molecule has 1 fully saturated rings. The average molecular weight is 407 g/mol. The first-order valence-electron chi connectivity index (χ1n) is 8.99. The lowest BCUT2D eigenvalue weighted by Gasteiger charge is -2.07. The summed E-state index contributed by atoms with van der Waals surface area (Å²) in [5.74, 6) is -0.810. The van der Waals surface area contributed by atoms with Crippen LogP contribution in [0, 0.1) is 5.82 Å². The van der Waals surface area contributed by atoms with E-state index < -0.39 is 17.8 Å². The summed E-state index contributed by atoms with van der Waals surface area (Å²) in [6, 6.07) is 6.97. The van der Waals surface area contributed by atoms with E-state index in [2.05, 4.69) is 15.5 Å². The first kappa shape index (κ1) is 19.2. The van der Waals surface area contributed by atoms with Gasteiger partial charge in [-0.3, -0.25) is 14.2 Å². The van der Waals surface area contributed by atoms with Gasteiger partial charge < -0.3 is 5.32 Å². The summed E-state index contributed by atoms with van der Waals surface area (Å²) in [4.78, 5) is 12.3. The van der Waals surface area contributed by atoms with Gasteiger partial charge in [0, 0.05) is 17.8 Å². The van der Waals surface area contributed by atoms with Crippen molar-refractivity contribution in [3.63, 3.8) is 0 Å². The molecule has 1 aromatic carbocycles. The molecule has 2 aromatic heterocycles. The fourth-order valence-electron chi connectivity index (χ4n) is 3.03. The van der Waals surface area contributed by atoms with Crippen LogP contribution < -0.4 is 5.32 Å². The number of amides is 1. The number of rotatable bonds is 6. The van der Waals surface area contributed by atoms with Gasteiger partial charge in [-0.05, 0) is 36.6 Å². The van der Waals surface area contributed by atoms with E-state index in [4.69, 9.17) is 0 Å². The maximum atomic E-state index is 13.0. The highest BCUT2D eigenvalue weighted by Gasteiger charge is 2.38. The predicted octanol–water partition coefficient (Wildman–Crippen LogP) is 3.80. The molecule has 0 spiro atoms. The molecule has 0 atom stereocenters. The van der Waals surface area contributed by atoms with E-state index in [9.17, 15) is 22.4 Å². The molecule has 1 N–H and O–H groups in total. The Morgan fingerprint density at radius 1 is 1.21 bits per heavy atom. The van der Waals surface area contributed by atoms with E-state index in [1.165, 1.54) is 18.3 Å². The number of nitrogens with one attached hydrogen (secondary N) is 1. The van der Waals surface area contributed by atoms with Crippen molar-refractivity contribution < 1.29 is 22.4 Å². The standard InChI is InChI=1S/C19H17F4N5O/c20-14-5-1-12(2-6-14)9-27-10-15(8-24-27)25-18(29)11-28-16(13-3-4-13)7-17(26-28)19(21,22)23/h1-2,5-8,10,13H,3-4,9,11H2,(H,25,29). The highest BCUT2D eigenvalue weighted by Crippen LogP contribution is 2.42. The van der Waals surface area contributed by atoms with Crippen LogP contribution in [0.4, 0.5) is 23.2 Å². The zero-order chi connectivity index (χ0) is 20.6. The molecule has 0 saturated heterocycles. The quantitative estimate of drug-likeness (QED) is 0.632. The van der Waals surface area contributed by atoms with Crippen molar-refractivity contribution in [1.82, 2.24) is 19.6 Å². The number of anilines is 1. The van der Waals surface area contributed by atoms with Crippen LogP contribution in [-0.2, 0) is 24.1 Å². The number of hydrogen-bond acceptors (Lipinski definition) is 3. The van der Waals surface area contributed by atoms with Gasteiger partial charge >= 0.3 is 6.18 Å². The molecule has 29 heavy (non-hydrogen) atoms. The van der Waals surface area contributed by atoms with Crippen molar-refractivity contribution in [3.8, 4) is 0 Å². The average Bonchev–Trinajstić information content (AvgIpc) is 3.26.